The maximum absolute atomic E-state index is 12.3. The quantitative estimate of drug-likeness (QED) is 0.807. The summed E-state index contributed by atoms with van der Waals surface area (Å²) in [7, 11) is 0. The van der Waals surface area contributed by atoms with E-state index in [9.17, 15) is 4.79 Å². The molecule has 1 aliphatic heterocycles. The van der Waals surface area contributed by atoms with Gasteiger partial charge in [0.2, 0.25) is 5.91 Å². The van der Waals surface area contributed by atoms with E-state index in [0.29, 0.717) is 12.5 Å². The fourth-order valence-corrected chi connectivity index (χ4v) is 3.02. The standard InChI is InChI=1S/C17H27N3O/c1-3-15(19-12-8-5-9-13-19)14-20(17(21)4-2)16-10-6-7-11-18-16/h6-7,10-11,15H,3-5,8-9,12-14H2,1-2H3. The van der Waals surface area contributed by atoms with E-state index < -0.39 is 0 Å². The van der Waals surface area contributed by atoms with Crippen molar-refractivity contribution in [2.24, 2.45) is 0 Å². The van der Waals surface area contributed by atoms with Crippen LogP contribution in [0.1, 0.15) is 46.0 Å². The van der Waals surface area contributed by atoms with Crippen LogP contribution in [0, 0.1) is 0 Å². The number of carbonyl (C=O) groups is 1. The minimum atomic E-state index is 0.157. The molecule has 1 amide bonds. The van der Waals surface area contributed by atoms with Crippen molar-refractivity contribution >= 4 is 11.7 Å². The summed E-state index contributed by atoms with van der Waals surface area (Å²) in [6.07, 6.45) is 7.24. The van der Waals surface area contributed by atoms with Gasteiger partial charge in [0.05, 0.1) is 0 Å². The van der Waals surface area contributed by atoms with Gasteiger partial charge in [-0.25, -0.2) is 4.98 Å². The number of amides is 1. The second kappa shape index (κ2) is 8.13. The maximum Gasteiger partial charge on any atom is 0.227 e. The number of pyridine rings is 1. The number of carbonyl (C=O) groups excluding carboxylic acids is 1. The van der Waals surface area contributed by atoms with E-state index in [-0.39, 0.29) is 5.91 Å². The SMILES string of the molecule is CCC(=O)N(CC(CC)N1CCCCC1)c1ccccn1. The summed E-state index contributed by atoms with van der Waals surface area (Å²) in [5, 5.41) is 0. The molecular weight excluding hydrogens is 262 g/mol. The van der Waals surface area contributed by atoms with Gasteiger partial charge in [-0.15, -0.1) is 0 Å². The Kier molecular flexibility index (Phi) is 6.18. The van der Waals surface area contributed by atoms with Crippen molar-refractivity contribution in [3.05, 3.63) is 24.4 Å². The molecule has 1 atom stereocenters. The van der Waals surface area contributed by atoms with Crippen molar-refractivity contribution in [3.8, 4) is 0 Å². The third-order valence-electron chi connectivity index (χ3n) is 4.30. The smallest absolute Gasteiger partial charge is 0.227 e. The number of aromatic nitrogens is 1. The van der Waals surface area contributed by atoms with Gasteiger partial charge >= 0.3 is 0 Å². The average Bonchev–Trinajstić information content (AvgIpc) is 2.57. The molecule has 1 aromatic heterocycles. The first-order valence-electron chi connectivity index (χ1n) is 8.21. The van der Waals surface area contributed by atoms with E-state index in [2.05, 4.69) is 16.8 Å². The summed E-state index contributed by atoms with van der Waals surface area (Å²) in [5.74, 6) is 0.934. The molecule has 1 saturated heterocycles. The molecule has 1 aliphatic rings. The summed E-state index contributed by atoms with van der Waals surface area (Å²) in [6, 6.07) is 6.19. The first-order chi connectivity index (χ1) is 10.3. The number of likely N-dealkylation sites (tertiary alicyclic amines) is 1. The molecule has 1 aromatic rings. The molecule has 0 aromatic carbocycles. The molecule has 0 N–H and O–H groups in total. The first-order valence-corrected chi connectivity index (χ1v) is 8.21. The maximum atomic E-state index is 12.3. The first kappa shape index (κ1) is 16.0. The third kappa shape index (κ3) is 4.27. The largest absolute Gasteiger partial charge is 0.299 e. The zero-order chi connectivity index (χ0) is 15.1. The van der Waals surface area contributed by atoms with Crippen molar-refractivity contribution in [2.75, 3.05) is 24.5 Å². The van der Waals surface area contributed by atoms with Gasteiger partial charge < -0.3 is 0 Å². The van der Waals surface area contributed by atoms with Crippen LogP contribution in [0.4, 0.5) is 5.82 Å². The van der Waals surface area contributed by atoms with Gasteiger partial charge in [0.1, 0.15) is 5.82 Å². The molecule has 0 spiro atoms. The summed E-state index contributed by atoms with van der Waals surface area (Å²) < 4.78 is 0. The number of hydrogen-bond donors (Lipinski definition) is 0. The zero-order valence-electron chi connectivity index (χ0n) is 13.3. The zero-order valence-corrected chi connectivity index (χ0v) is 13.3. The summed E-state index contributed by atoms with van der Waals surface area (Å²) >= 11 is 0. The Hall–Kier alpha value is -1.42. The highest BCUT2D eigenvalue weighted by atomic mass is 16.2. The minimum absolute atomic E-state index is 0.157. The molecule has 0 radical (unpaired) electrons. The summed E-state index contributed by atoms with van der Waals surface area (Å²) in [6.45, 7) is 7.20. The number of anilines is 1. The van der Waals surface area contributed by atoms with Gasteiger partial charge in [0, 0.05) is 25.2 Å². The highest BCUT2D eigenvalue weighted by Gasteiger charge is 2.24. The fraction of sp³-hybridized carbons (Fsp3) is 0.647. The lowest BCUT2D eigenvalue weighted by Crippen LogP contribution is -2.47. The van der Waals surface area contributed by atoms with E-state index >= 15 is 0 Å². The van der Waals surface area contributed by atoms with Crippen LogP contribution in [0.15, 0.2) is 24.4 Å². The molecular formula is C17H27N3O. The normalized spacial score (nSPS) is 17.4. The van der Waals surface area contributed by atoms with Gasteiger partial charge in [-0.3, -0.25) is 14.6 Å². The molecule has 4 heteroatoms. The molecule has 0 bridgehead atoms. The van der Waals surface area contributed by atoms with E-state index in [4.69, 9.17) is 0 Å². The van der Waals surface area contributed by atoms with Crippen LogP contribution < -0.4 is 4.90 Å². The Morgan fingerprint density at radius 1 is 1.29 bits per heavy atom. The van der Waals surface area contributed by atoms with Crippen molar-refractivity contribution in [1.29, 1.82) is 0 Å². The second-order valence-electron chi connectivity index (χ2n) is 5.70. The Morgan fingerprint density at radius 2 is 2.05 bits per heavy atom. The Labute approximate surface area is 128 Å². The van der Waals surface area contributed by atoms with Gasteiger partial charge in [-0.05, 0) is 44.5 Å². The molecule has 2 rings (SSSR count). The van der Waals surface area contributed by atoms with Crippen LogP contribution >= 0.6 is 0 Å². The van der Waals surface area contributed by atoms with E-state index in [1.807, 2.05) is 30.0 Å². The number of rotatable bonds is 6. The predicted molar refractivity (Wildman–Crippen MR) is 86.4 cm³/mol. The minimum Gasteiger partial charge on any atom is -0.299 e. The Morgan fingerprint density at radius 3 is 2.62 bits per heavy atom. The lowest BCUT2D eigenvalue weighted by Gasteiger charge is -2.37. The highest BCUT2D eigenvalue weighted by molar-refractivity contribution is 5.92. The molecule has 2 heterocycles. The average molecular weight is 289 g/mol. The lowest BCUT2D eigenvalue weighted by molar-refractivity contribution is -0.118. The third-order valence-corrected chi connectivity index (χ3v) is 4.30. The van der Waals surface area contributed by atoms with Gasteiger partial charge in [-0.2, -0.15) is 0 Å². The Bertz CT molecular complexity index is 429. The van der Waals surface area contributed by atoms with E-state index in [1.165, 1.54) is 19.3 Å². The summed E-state index contributed by atoms with van der Waals surface area (Å²) in [5.41, 5.74) is 0. The lowest BCUT2D eigenvalue weighted by atomic mass is 10.1. The summed E-state index contributed by atoms with van der Waals surface area (Å²) in [4.78, 5) is 21.1. The van der Waals surface area contributed by atoms with Crippen molar-refractivity contribution in [3.63, 3.8) is 0 Å². The molecule has 1 fully saturated rings. The molecule has 0 saturated carbocycles. The molecule has 4 nitrogen and oxygen atoms in total. The van der Waals surface area contributed by atoms with Crippen LogP contribution in [0.5, 0.6) is 0 Å². The molecule has 0 aliphatic carbocycles. The van der Waals surface area contributed by atoms with Gasteiger partial charge in [0.25, 0.3) is 0 Å². The van der Waals surface area contributed by atoms with Gasteiger partial charge in [0.15, 0.2) is 0 Å². The van der Waals surface area contributed by atoms with Crippen LogP contribution in [-0.2, 0) is 4.79 Å². The number of hydrogen-bond acceptors (Lipinski definition) is 3. The fourth-order valence-electron chi connectivity index (χ4n) is 3.02. The molecule has 21 heavy (non-hydrogen) atoms. The topological polar surface area (TPSA) is 36.4 Å². The Balaban J connectivity index is 2.11. The van der Waals surface area contributed by atoms with E-state index in [1.54, 1.807) is 6.20 Å². The van der Waals surface area contributed by atoms with Crippen LogP contribution in [0.3, 0.4) is 0 Å². The van der Waals surface area contributed by atoms with Crippen LogP contribution in [0.25, 0.3) is 0 Å². The number of piperidine rings is 1. The second-order valence-corrected chi connectivity index (χ2v) is 5.70. The van der Waals surface area contributed by atoms with Crippen LogP contribution in [-0.4, -0.2) is 41.5 Å². The van der Waals surface area contributed by atoms with Crippen molar-refractivity contribution < 1.29 is 4.79 Å². The highest BCUT2D eigenvalue weighted by Crippen LogP contribution is 2.18. The monoisotopic (exact) mass is 289 g/mol. The molecule has 1 unspecified atom stereocenters. The van der Waals surface area contributed by atoms with Gasteiger partial charge in [-0.1, -0.05) is 26.3 Å². The predicted octanol–water partition coefficient (Wildman–Crippen LogP) is 3.09. The van der Waals surface area contributed by atoms with Crippen LogP contribution in [0.2, 0.25) is 0 Å². The van der Waals surface area contributed by atoms with E-state index in [0.717, 1.165) is 31.9 Å². The van der Waals surface area contributed by atoms with Crippen molar-refractivity contribution in [2.45, 2.75) is 52.0 Å². The number of nitrogens with zero attached hydrogens (tertiary/aromatic N) is 3. The molecule has 116 valence electrons. The van der Waals surface area contributed by atoms with Crippen molar-refractivity contribution in [1.82, 2.24) is 9.88 Å².